The van der Waals surface area contributed by atoms with Crippen LogP contribution in [-0.2, 0) is 0 Å². The van der Waals surface area contributed by atoms with Gasteiger partial charge >= 0.3 is 0 Å². The molecule has 18 heavy (non-hydrogen) atoms. The molecule has 3 heteroatoms. The quantitative estimate of drug-likeness (QED) is 0.663. The Morgan fingerprint density at radius 1 is 0.944 bits per heavy atom. The lowest BCUT2D eigenvalue weighted by Gasteiger charge is -2.04. The molecule has 0 amide bonds. The van der Waals surface area contributed by atoms with Crippen molar-refractivity contribution in [3.8, 4) is 5.75 Å². The van der Waals surface area contributed by atoms with Crippen LogP contribution in [0.3, 0.4) is 0 Å². The van der Waals surface area contributed by atoms with Crippen molar-refractivity contribution < 1.29 is 14.7 Å². The monoisotopic (exact) mass is 240 g/mol. The van der Waals surface area contributed by atoms with E-state index in [4.69, 9.17) is 0 Å². The zero-order valence-electron chi connectivity index (χ0n) is 9.88. The topological polar surface area (TPSA) is 54.4 Å². The minimum absolute atomic E-state index is 0.0365. The van der Waals surface area contributed by atoms with Gasteiger partial charge in [-0.3, -0.25) is 9.59 Å². The number of phenolic OH excluding ortho intramolecular Hbond substituents is 1. The molecule has 0 atom stereocenters. The van der Waals surface area contributed by atoms with Gasteiger partial charge in [0.25, 0.3) is 0 Å². The molecule has 0 bridgehead atoms. The number of rotatable bonds is 3. The fraction of sp³-hybridized carbons (Fsp3) is 0.0667. The number of hydrogen-bond acceptors (Lipinski definition) is 3. The summed E-state index contributed by atoms with van der Waals surface area (Å²) in [6, 6.07) is 12.9. The summed E-state index contributed by atoms with van der Waals surface area (Å²) >= 11 is 0. The van der Waals surface area contributed by atoms with E-state index in [1.54, 1.807) is 43.3 Å². The van der Waals surface area contributed by atoms with Gasteiger partial charge in [-0.25, -0.2) is 0 Å². The van der Waals surface area contributed by atoms with Crippen LogP contribution in [0.25, 0.3) is 0 Å². The molecule has 1 N–H and O–H groups in total. The predicted molar refractivity (Wildman–Crippen MR) is 67.9 cm³/mol. The number of phenols is 1. The van der Waals surface area contributed by atoms with Gasteiger partial charge in [-0.05, 0) is 24.6 Å². The average molecular weight is 240 g/mol. The lowest BCUT2D eigenvalue weighted by molar-refractivity contribution is 0.0815. The maximum absolute atomic E-state index is 12.0. The van der Waals surface area contributed by atoms with Crippen LogP contribution in [-0.4, -0.2) is 16.7 Å². The Morgan fingerprint density at radius 3 is 2.22 bits per heavy atom. The lowest BCUT2D eigenvalue weighted by Crippen LogP contribution is -2.14. The molecule has 3 nitrogen and oxygen atoms in total. The van der Waals surface area contributed by atoms with Crippen LogP contribution in [0, 0.1) is 6.92 Å². The molecule has 0 saturated heterocycles. The second-order valence-electron chi connectivity index (χ2n) is 4.04. The maximum Gasteiger partial charge on any atom is 0.237 e. The molecular formula is C15H12O3. The van der Waals surface area contributed by atoms with Crippen LogP contribution in [0.5, 0.6) is 5.75 Å². The second-order valence-corrected chi connectivity index (χ2v) is 4.04. The van der Waals surface area contributed by atoms with E-state index in [0.717, 1.165) is 5.56 Å². The summed E-state index contributed by atoms with van der Waals surface area (Å²) in [4.78, 5) is 23.9. The first kappa shape index (κ1) is 12.0. The first-order valence-electron chi connectivity index (χ1n) is 5.53. The Balaban J connectivity index is 2.35. The largest absolute Gasteiger partial charge is 0.507 e. The molecule has 2 rings (SSSR count). The standard InChI is InChI=1S/C15H12O3/c1-10-7-8-12(13(16)9-10)15(18)14(17)11-5-3-2-4-6-11/h2-9,16H,1H3. The Labute approximate surface area is 105 Å². The molecule has 90 valence electrons. The van der Waals surface area contributed by atoms with E-state index in [-0.39, 0.29) is 11.3 Å². The molecule has 0 heterocycles. The zero-order chi connectivity index (χ0) is 13.1. The van der Waals surface area contributed by atoms with Crippen LogP contribution in [0.4, 0.5) is 0 Å². The summed E-state index contributed by atoms with van der Waals surface area (Å²) in [6.07, 6.45) is 0. The summed E-state index contributed by atoms with van der Waals surface area (Å²) < 4.78 is 0. The fourth-order valence-electron chi connectivity index (χ4n) is 1.68. The van der Waals surface area contributed by atoms with E-state index in [1.165, 1.54) is 12.1 Å². The number of aryl methyl sites for hydroxylation is 1. The number of hydrogen-bond donors (Lipinski definition) is 1. The SMILES string of the molecule is Cc1ccc(C(=O)C(=O)c2ccccc2)c(O)c1. The van der Waals surface area contributed by atoms with Crippen molar-refractivity contribution in [1.82, 2.24) is 0 Å². The first-order chi connectivity index (χ1) is 8.59. The summed E-state index contributed by atoms with van der Waals surface area (Å²) in [6.45, 7) is 1.80. The maximum atomic E-state index is 12.0. The molecule has 0 unspecified atom stereocenters. The van der Waals surface area contributed by atoms with Crippen molar-refractivity contribution in [2.45, 2.75) is 6.92 Å². The van der Waals surface area contributed by atoms with Gasteiger partial charge in [0.1, 0.15) is 5.75 Å². The summed E-state index contributed by atoms with van der Waals surface area (Å²) in [5.74, 6) is -1.47. The highest BCUT2D eigenvalue weighted by molar-refractivity contribution is 6.49. The number of ketones is 2. The van der Waals surface area contributed by atoms with Gasteiger partial charge in [0.05, 0.1) is 5.56 Å². The molecular weight excluding hydrogens is 228 g/mol. The van der Waals surface area contributed by atoms with Crippen LogP contribution in [0.1, 0.15) is 26.3 Å². The summed E-state index contributed by atoms with van der Waals surface area (Å²) in [7, 11) is 0. The van der Waals surface area contributed by atoms with E-state index in [2.05, 4.69) is 0 Å². The highest BCUT2D eigenvalue weighted by Crippen LogP contribution is 2.20. The predicted octanol–water partition coefficient (Wildman–Crippen LogP) is 2.77. The number of Topliss-reactive ketones (excluding diaryl/α,β-unsaturated/α-hetero) is 2. The van der Waals surface area contributed by atoms with Gasteiger partial charge in [0, 0.05) is 5.56 Å². The van der Waals surface area contributed by atoms with Crippen LogP contribution >= 0.6 is 0 Å². The minimum Gasteiger partial charge on any atom is -0.507 e. The molecule has 0 saturated carbocycles. The van der Waals surface area contributed by atoms with Gasteiger partial charge in [-0.2, -0.15) is 0 Å². The zero-order valence-corrected chi connectivity index (χ0v) is 9.88. The Bertz CT molecular complexity index is 600. The van der Waals surface area contributed by atoms with E-state index in [9.17, 15) is 14.7 Å². The van der Waals surface area contributed by atoms with Gasteiger partial charge in [0.15, 0.2) is 0 Å². The van der Waals surface area contributed by atoms with Crippen molar-refractivity contribution in [2.75, 3.05) is 0 Å². The number of carbonyl (C=O) groups is 2. The van der Waals surface area contributed by atoms with Crippen molar-refractivity contribution in [3.05, 3.63) is 65.2 Å². The van der Waals surface area contributed by atoms with E-state index < -0.39 is 11.6 Å². The van der Waals surface area contributed by atoms with Crippen LogP contribution < -0.4 is 0 Å². The summed E-state index contributed by atoms with van der Waals surface area (Å²) in [5, 5.41) is 9.68. The highest BCUT2D eigenvalue weighted by Gasteiger charge is 2.20. The highest BCUT2D eigenvalue weighted by atomic mass is 16.3. The lowest BCUT2D eigenvalue weighted by atomic mass is 10.00. The first-order valence-corrected chi connectivity index (χ1v) is 5.53. The smallest absolute Gasteiger partial charge is 0.237 e. The van der Waals surface area contributed by atoms with Crippen molar-refractivity contribution >= 4 is 11.6 Å². The van der Waals surface area contributed by atoms with Crippen LogP contribution in [0.15, 0.2) is 48.5 Å². The van der Waals surface area contributed by atoms with Gasteiger partial charge < -0.3 is 5.11 Å². The summed E-state index contributed by atoms with van der Waals surface area (Å²) in [5.41, 5.74) is 1.19. The van der Waals surface area contributed by atoms with Gasteiger partial charge in [0.2, 0.25) is 11.6 Å². The third-order valence-corrected chi connectivity index (χ3v) is 2.64. The number of carbonyl (C=O) groups excluding carboxylic acids is 2. The van der Waals surface area contributed by atoms with Crippen molar-refractivity contribution in [1.29, 1.82) is 0 Å². The van der Waals surface area contributed by atoms with Gasteiger partial charge in [-0.15, -0.1) is 0 Å². The van der Waals surface area contributed by atoms with E-state index >= 15 is 0 Å². The average Bonchev–Trinajstić information content (AvgIpc) is 2.38. The molecule has 2 aromatic carbocycles. The molecule has 0 aliphatic carbocycles. The minimum atomic E-state index is -0.696. The van der Waals surface area contributed by atoms with E-state index in [0.29, 0.717) is 5.56 Å². The Kier molecular flexibility index (Phi) is 3.24. The number of benzene rings is 2. The Morgan fingerprint density at radius 2 is 1.61 bits per heavy atom. The third kappa shape index (κ3) is 2.30. The molecule has 0 radical (unpaired) electrons. The fourth-order valence-corrected chi connectivity index (χ4v) is 1.68. The molecule has 0 aliphatic rings. The molecule has 2 aromatic rings. The Hall–Kier alpha value is -2.42. The van der Waals surface area contributed by atoms with Crippen LogP contribution in [0.2, 0.25) is 0 Å². The van der Waals surface area contributed by atoms with Crippen molar-refractivity contribution in [2.24, 2.45) is 0 Å². The normalized spacial score (nSPS) is 10.1. The molecule has 0 aliphatic heterocycles. The number of aromatic hydroxyl groups is 1. The van der Waals surface area contributed by atoms with E-state index in [1.807, 2.05) is 0 Å². The molecule has 0 fully saturated rings. The van der Waals surface area contributed by atoms with Gasteiger partial charge in [-0.1, -0.05) is 36.4 Å². The third-order valence-electron chi connectivity index (χ3n) is 2.64. The van der Waals surface area contributed by atoms with Crippen molar-refractivity contribution in [3.63, 3.8) is 0 Å². The second kappa shape index (κ2) is 4.84. The molecule has 0 aromatic heterocycles. The molecule has 0 spiro atoms.